The van der Waals surface area contributed by atoms with Crippen molar-refractivity contribution in [2.24, 2.45) is 0 Å². The number of carboxylic acid groups (broad SMARTS) is 2. The molecule has 0 rings (SSSR count). The summed E-state index contributed by atoms with van der Waals surface area (Å²) in [5.41, 5.74) is 0. The van der Waals surface area contributed by atoms with Crippen LogP contribution in [0.5, 0.6) is 0 Å². The standard InChI is InChI=1S/C10H17NO5S/c1-17-6-5-8(12)11-7(10(15)16)3-2-4-9(13)14/h7H,2-6H2,1H3,(H,11,12)(H,13,14)(H,15,16)/t7-/m1/s1. The molecule has 0 aromatic heterocycles. The lowest BCUT2D eigenvalue weighted by molar-refractivity contribution is -0.142. The molecule has 0 bridgehead atoms. The van der Waals surface area contributed by atoms with Gasteiger partial charge in [0.1, 0.15) is 6.04 Å². The molecule has 0 aliphatic heterocycles. The highest BCUT2D eigenvalue weighted by atomic mass is 32.2. The molecule has 98 valence electrons. The van der Waals surface area contributed by atoms with Gasteiger partial charge in [-0.25, -0.2) is 4.79 Å². The number of nitrogens with one attached hydrogen (secondary N) is 1. The van der Waals surface area contributed by atoms with Crippen molar-refractivity contribution in [3.63, 3.8) is 0 Å². The summed E-state index contributed by atoms with van der Waals surface area (Å²) in [6, 6.07) is -0.997. The minimum atomic E-state index is -1.13. The Morgan fingerprint density at radius 2 is 1.88 bits per heavy atom. The summed E-state index contributed by atoms with van der Waals surface area (Å²) in [7, 11) is 0. The Bertz CT molecular complexity index is 282. The Hall–Kier alpha value is -1.24. The number of hydrogen-bond donors (Lipinski definition) is 3. The van der Waals surface area contributed by atoms with Crippen LogP contribution >= 0.6 is 11.8 Å². The first kappa shape index (κ1) is 15.8. The SMILES string of the molecule is CSCCC(=O)N[C@H](CCCC(=O)O)C(=O)O. The van der Waals surface area contributed by atoms with Gasteiger partial charge < -0.3 is 15.5 Å². The minimum Gasteiger partial charge on any atom is -0.481 e. The summed E-state index contributed by atoms with van der Waals surface area (Å²) in [4.78, 5) is 32.4. The molecule has 1 atom stereocenters. The van der Waals surface area contributed by atoms with Crippen molar-refractivity contribution in [1.29, 1.82) is 0 Å². The van der Waals surface area contributed by atoms with Gasteiger partial charge in [0.05, 0.1) is 0 Å². The first-order valence-corrected chi connectivity index (χ1v) is 6.59. The molecule has 0 aliphatic carbocycles. The van der Waals surface area contributed by atoms with E-state index in [-0.39, 0.29) is 31.6 Å². The zero-order valence-electron chi connectivity index (χ0n) is 9.64. The van der Waals surface area contributed by atoms with Crippen molar-refractivity contribution < 1.29 is 24.6 Å². The normalized spacial score (nSPS) is 11.8. The quantitative estimate of drug-likeness (QED) is 0.561. The predicted octanol–water partition coefficient (Wildman–Crippen LogP) is 0.564. The number of rotatable bonds is 9. The third kappa shape index (κ3) is 8.56. The van der Waals surface area contributed by atoms with Gasteiger partial charge in [0.2, 0.25) is 5.91 Å². The van der Waals surface area contributed by atoms with Crippen molar-refractivity contribution in [2.45, 2.75) is 31.7 Å². The molecule has 0 unspecified atom stereocenters. The number of carboxylic acids is 2. The molecular weight excluding hydrogens is 246 g/mol. The van der Waals surface area contributed by atoms with Crippen LogP contribution in [-0.4, -0.2) is 46.1 Å². The number of hydrogen-bond acceptors (Lipinski definition) is 4. The van der Waals surface area contributed by atoms with E-state index in [4.69, 9.17) is 10.2 Å². The number of amides is 1. The average Bonchev–Trinajstić information content (AvgIpc) is 2.24. The smallest absolute Gasteiger partial charge is 0.326 e. The monoisotopic (exact) mass is 263 g/mol. The number of aliphatic carboxylic acids is 2. The molecule has 0 heterocycles. The highest BCUT2D eigenvalue weighted by Gasteiger charge is 2.19. The third-order valence-electron chi connectivity index (χ3n) is 2.05. The maximum Gasteiger partial charge on any atom is 0.326 e. The molecule has 3 N–H and O–H groups in total. The van der Waals surface area contributed by atoms with E-state index in [1.165, 1.54) is 11.8 Å². The summed E-state index contributed by atoms with van der Waals surface area (Å²) in [6.45, 7) is 0. The zero-order valence-corrected chi connectivity index (χ0v) is 10.5. The van der Waals surface area contributed by atoms with Gasteiger partial charge in [-0.15, -0.1) is 0 Å². The van der Waals surface area contributed by atoms with Crippen LogP contribution in [0, 0.1) is 0 Å². The molecule has 0 aromatic rings. The summed E-state index contributed by atoms with van der Waals surface area (Å²) >= 11 is 1.50. The molecular formula is C10H17NO5S. The first-order chi connectivity index (χ1) is 7.97. The van der Waals surface area contributed by atoms with Crippen LogP contribution in [0.1, 0.15) is 25.7 Å². The third-order valence-corrected chi connectivity index (χ3v) is 2.66. The van der Waals surface area contributed by atoms with E-state index >= 15 is 0 Å². The van der Waals surface area contributed by atoms with Crippen molar-refractivity contribution >= 4 is 29.6 Å². The van der Waals surface area contributed by atoms with Crippen molar-refractivity contribution in [3.05, 3.63) is 0 Å². The predicted molar refractivity (Wildman–Crippen MR) is 64.1 cm³/mol. The van der Waals surface area contributed by atoms with E-state index in [0.717, 1.165) is 0 Å². The first-order valence-electron chi connectivity index (χ1n) is 5.20. The second-order valence-corrected chi connectivity index (χ2v) is 4.47. The highest BCUT2D eigenvalue weighted by Crippen LogP contribution is 2.03. The Labute approximate surface area is 104 Å². The lowest BCUT2D eigenvalue weighted by Gasteiger charge is -2.13. The van der Waals surface area contributed by atoms with Crippen molar-refractivity contribution in [1.82, 2.24) is 5.32 Å². The van der Waals surface area contributed by atoms with Crippen LogP contribution in [-0.2, 0) is 14.4 Å². The van der Waals surface area contributed by atoms with E-state index in [9.17, 15) is 14.4 Å². The largest absolute Gasteiger partial charge is 0.481 e. The Morgan fingerprint density at radius 1 is 1.24 bits per heavy atom. The molecule has 0 radical (unpaired) electrons. The van der Waals surface area contributed by atoms with Crippen LogP contribution in [0.15, 0.2) is 0 Å². The van der Waals surface area contributed by atoms with Gasteiger partial charge in [-0.05, 0) is 19.1 Å². The molecule has 7 heteroatoms. The fourth-order valence-electron chi connectivity index (χ4n) is 1.18. The molecule has 0 saturated heterocycles. The van der Waals surface area contributed by atoms with E-state index in [0.29, 0.717) is 5.75 Å². The summed E-state index contributed by atoms with van der Waals surface area (Å²) in [6.07, 6.45) is 2.39. The van der Waals surface area contributed by atoms with E-state index in [1.54, 1.807) is 0 Å². The number of thioether (sulfide) groups is 1. The highest BCUT2D eigenvalue weighted by molar-refractivity contribution is 7.98. The van der Waals surface area contributed by atoms with Gasteiger partial charge in [-0.3, -0.25) is 9.59 Å². The van der Waals surface area contributed by atoms with Crippen LogP contribution in [0.25, 0.3) is 0 Å². The molecule has 0 spiro atoms. The fourth-order valence-corrected chi connectivity index (χ4v) is 1.57. The maximum absolute atomic E-state index is 11.3. The average molecular weight is 263 g/mol. The van der Waals surface area contributed by atoms with E-state index < -0.39 is 18.0 Å². The van der Waals surface area contributed by atoms with Gasteiger partial charge >= 0.3 is 11.9 Å². The lowest BCUT2D eigenvalue weighted by Crippen LogP contribution is -2.40. The van der Waals surface area contributed by atoms with Crippen LogP contribution in [0.3, 0.4) is 0 Å². The number of carbonyl (C=O) groups excluding carboxylic acids is 1. The van der Waals surface area contributed by atoms with Crippen molar-refractivity contribution in [2.75, 3.05) is 12.0 Å². The van der Waals surface area contributed by atoms with Crippen LogP contribution in [0.2, 0.25) is 0 Å². The van der Waals surface area contributed by atoms with E-state index in [2.05, 4.69) is 5.32 Å². The van der Waals surface area contributed by atoms with Gasteiger partial charge in [0.15, 0.2) is 0 Å². The topological polar surface area (TPSA) is 104 Å². The van der Waals surface area contributed by atoms with Crippen LogP contribution in [0.4, 0.5) is 0 Å². The van der Waals surface area contributed by atoms with E-state index in [1.807, 2.05) is 6.26 Å². The maximum atomic E-state index is 11.3. The molecule has 0 aromatic carbocycles. The van der Waals surface area contributed by atoms with Gasteiger partial charge in [-0.1, -0.05) is 0 Å². The minimum absolute atomic E-state index is 0.0928. The van der Waals surface area contributed by atoms with Gasteiger partial charge in [0, 0.05) is 18.6 Å². The lowest BCUT2D eigenvalue weighted by atomic mass is 10.1. The number of carbonyl (C=O) groups is 3. The molecule has 0 saturated carbocycles. The Balaban J connectivity index is 4.02. The van der Waals surface area contributed by atoms with Crippen LogP contribution < -0.4 is 5.32 Å². The molecule has 0 fully saturated rings. The van der Waals surface area contributed by atoms with Gasteiger partial charge in [-0.2, -0.15) is 11.8 Å². The van der Waals surface area contributed by atoms with Crippen molar-refractivity contribution in [3.8, 4) is 0 Å². The molecule has 6 nitrogen and oxygen atoms in total. The van der Waals surface area contributed by atoms with Gasteiger partial charge in [0.25, 0.3) is 0 Å². The Kier molecular flexibility index (Phi) is 8.21. The second-order valence-electron chi connectivity index (χ2n) is 3.49. The Morgan fingerprint density at radius 3 is 2.35 bits per heavy atom. The summed E-state index contributed by atoms with van der Waals surface area (Å²) < 4.78 is 0. The molecule has 17 heavy (non-hydrogen) atoms. The summed E-state index contributed by atoms with van der Waals surface area (Å²) in [5, 5.41) is 19.7. The fraction of sp³-hybridized carbons (Fsp3) is 0.700. The molecule has 1 amide bonds. The summed E-state index contributed by atoms with van der Waals surface area (Å²) in [5.74, 6) is -1.79. The zero-order chi connectivity index (χ0) is 13.3. The molecule has 0 aliphatic rings. The second kappa shape index (κ2) is 8.86.